The van der Waals surface area contributed by atoms with Gasteiger partial charge in [-0.25, -0.2) is 4.98 Å². The number of hydrogen-bond acceptors (Lipinski definition) is 9. The molecule has 2 aliphatic carbocycles. The Balaban J connectivity index is 1.28. The molecule has 0 amide bonds. The minimum Gasteiger partial charge on any atom is -0.488 e. The lowest BCUT2D eigenvalue weighted by atomic mass is 9.89. The molecule has 2 saturated carbocycles. The number of carbonyl (C=O) groups is 1. The number of piperidine rings is 1. The van der Waals surface area contributed by atoms with Crippen molar-refractivity contribution in [2.45, 2.75) is 75.7 Å². The Morgan fingerprint density at radius 1 is 1.05 bits per heavy atom. The second-order valence-electron chi connectivity index (χ2n) is 11.6. The fraction of sp³-hybridized carbons (Fsp3) is 0.517. The van der Waals surface area contributed by atoms with Crippen LogP contribution in [0.5, 0.6) is 5.75 Å². The van der Waals surface area contributed by atoms with Crippen LogP contribution in [0.1, 0.15) is 80.4 Å². The second-order valence-corrected chi connectivity index (χ2v) is 14.4. The van der Waals surface area contributed by atoms with Crippen molar-refractivity contribution in [3.8, 4) is 5.75 Å². The maximum atomic E-state index is 13.0. The van der Waals surface area contributed by atoms with Crippen molar-refractivity contribution in [2.75, 3.05) is 30.8 Å². The molecular weight excluding hydrogens is 597 g/mol. The van der Waals surface area contributed by atoms with Gasteiger partial charge in [-0.15, -0.1) is 0 Å². The number of halogens is 2. The van der Waals surface area contributed by atoms with E-state index in [1.807, 2.05) is 6.07 Å². The van der Waals surface area contributed by atoms with Gasteiger partial charge < -0.3 is 20.3 Å². The van der Waals surface area contributed by atoms with E-state index in [2.05, 4.69) is 43.7 Å². The van der Waals surface area contributed by atoms with Gasteiger partial charge in [0.2, 0.25) is 5.95 Å². The van der Waals surface area contributed by atoms with Gasteiger partial charge >= 0.3 is 0 Å². The van der Waals surface area contributed by atoms with Gasteiger partial charge in [0.25, 0.3) is 5.12 Å². The summed E-state index contributed by atoms with van der Waals surface area (Å²) in [5, 5.41) is 11.0. The number of ether oxygens (including phenoxy) is 1. The number of likely N-dealkylation sites (tertiary alicyclic amines) is 1. The topological polar surface area (TPSA) is 114 Å². The molecule has 1 saturated heterocycles. The monoisotopic (exact) mass is 631 g/mol. The summed E-state index contributed by atoms with van der Waals surface area (Å²) in [7, 11) is 0.421. The quantitative estimate of drug-likeness (QED) is 0.260. The average molecular weight is 633 g/mol. The fourth-order valence-corrected chi connectivity index (χ4v) is 6.22. The van der Waals surface area contributed by atoms with Gasteiger partial charge in [-0.2, -0.15) is 10.1 Å². The lowest BCUT2D eigenvalue weighted by Crippen LogP contribution is -2.29. The van der Waals surface area contributed by atoms with Crippen molar-refractivity contribution in [3.05, 3.63) is 45.8 Å². The molecule has 3 aromatic rings. The van der Waals surface area contributed by atoms with Crippen LogP contribution in [0.2, 0.25) is 10.0 Å². The van der Waals surface area contributed by atoms with E-state index in [1.165, 1.54) is 6.20 Å². The van der Waals surface area contributed by atoms with Gasteiger partial charge in [0, 0.05) is 16.5 Å². The largest absolute Gasteiger partial charge is 0.488 e. The third-order valence-corrected chi connectivity index (χ3v) is 9.80. The van der Waals surface area contributed by atoms with E-state index in [4.69, 9.17) is 27.9 Å². The average Bonchev–Trinajstić information content (AvgIpc) is 3.91. The van der Waals surface area contributed by atoms with Gasteiger partial charge in [0.15, 0.2) is 11.5 Å². The summed E-state index contributed by atoms with van der Waals surface area (Å²) < 4.78 is 20.7. The summed E-state index contributed by atoms with van der Waals surface area (Å²) in [6.45, 7) is 5.56. The molecule has 0 spiro atoms. The molecule has 10 nitrogen and oxygen atoms in total. The Bertz CT molecular complexity index is 1520. The summed E-state index contributed by atoms with van der Waals surface area (Å²) in [5.74, 6) is 1.66. The van der Waals surface area contributed by atoms with Crippen LogP contribution in [-0.2, 0) is 10.8 Å². The normalized spacial score (nSPS) is 18.7. The molecular formula is C29H35Cl2N7O3S. The third-order valence-electron chi connectivity index (χ3n) is 7.78. The molecule has 0 radical (unpaired) electrons. The third kappa shape index (κ3) is 6.59. The van der Waals surface area contributed by atoms with Gasteiger partial charge in [0.1, 0.15) is 10.8 Å². The summed E-state index contributed by atoms with van der Waals surface area (Å²) in [6, 6.07) is 4.17. The SMILES string of the molecule is CC(C)S(=O)C(=O)c1nn(C2CC2)cc1Nc1nc(Nc2cc(Cl)c(C3CCN(C)CC3)cc2OC2CC2)ncc1Cl. The van der Waals surface area contributed by atoms with Crippen LogP contribution in [0.25, 0.3) is 0 Å². The molecule has 224 valence electrons. The molecule has 2 aromatic heterocycles. The van der Waals surface area contributed by atoms with Crippen LogP contribution >= 0.6 is 23.2 Å². The summed E-state index contributed by atoms with van der Waals surface area (Å²) in [6.07, 6.45) is 9.52. The highest BCUT2D eigenvalue weighted by Gasteiger charge is 2.31. The van der Waals surface area contributed by atoms with E-state index < -0.39 is 15.9 Å². The van der Waals surface area contributed by atoms with E-state index in [9.17, 15) is 9.00 Å². The number of nitrogens with zero attached hydrogens (tertiary/aromatic N) is 5. The zero-order valence-electron chi connectivity index (χ0n) is 23.9. The predicted octanol–water partition coefficient (Wildman–Crippen LogP) is 6.45. The first-order valence-corrected chi connectivity index (χ1v) is 16.4. The van der Waals surface area contributed by atoms with Gasteiger partial charge in [-0.05, 0) is 82.3 Å². The van der Waals surface area contributed by atoms with Gasteiger partial charge in [-0.3, -0.25) is 13.7 Å². The first-order valence-electron chi connectivity index (χ1n) is 14.5. The van der Waals surface area contributed by atoms with E-state index >= 15 is 0 Å². The highest BCUT2D eigenvalue weighted by atomic mass is 35.5. The van der Waals surface area contributed by atoms with Crippen LogP contribution < -0.4 is 15.4 Å². The van der Waals surface area contributed by atoms with Crippen molar-refractivity contribution in [3.63, 3.8) is 0 Å². The zero-order valence-corrected chi connectivity index (χ0v) is 26.2. The van der Waals surface area contributed by atoms with Crippen molar-refractivity contribution < 1.29 is 13.7 Å². The molecule has 1 aliphatic heterocycles. The predicted molar refractivity (Wildman–Crippen MR) is 166 cm³/mol. The Morgan fingerprint density at radius 3 is 2.45 bits per heavy atom. The lowest BCUT2D eigenvalue weighted by molar-refractivity contribution is 0.107. The Morgan fingerprint density at radius 2 is 1.79 bits per heavy atom. The zero-order chi connectivity index (χ0) is 29.5. The van der Waals surface area contributed by atoms with Crippen LogP contribution in [0.15, 0.2) is 24.5 Å². The molecule has 42 heavy (non-hydrogen) atoms. The van der Waals surface area contributed by atoms with Crippen LogP contribution in [0.3, 0.4) is 0 Å². The molecule has 1 atom stereocenters. The molecule has 6 rings (SSSR count). The van der Waals surface area contributed by atoms with Gasteiger partial charge in [0.05, 0.1) is 40.5 Å². The summed E-state index contributed by atoms with van der Waals surface area (Å²) in [4.78, 5) is 24.4. The first kappa shape index (κ1) is 29.3. The number of aromatic nitrogens is 4. The minimum atomic E-state index is -1.72. The highest BCUT2D eigenvalue weighted by molar-refractivity contribution is 8.01. The standard InChI is InChI=1S/C29H35Cl2N7O3S/c1-16(2)42(40)28(39)26-24(15-38(36-26)18-4-5-18)33-27-22(31)14-32-29(35-27)34-23-13-21(30)20(12-25(23)41-19-6-7-19)17-8-10-37(3)11-9-17/h12-19H,4-11H2,1-3H3,(H2,32,33,34,35). The molecule has 0 bridgehead atoms. The molecule has 1 aromatic carbocycles. The molecule has 2 N–H and O–H groups in total. The molecule has 1 unspecified atom stereocenters. The van der Waals surface area contributed by atoms with Crippen molar-refractivity contribution in [1.29, 1.82) is 0 Å². The number of hydrogen-bond donors (Lipinski definition) is 2. The number of carbonyl (C=O) groups excluding carboxylic acids is 1. The van der Waals surface area contributed by atoms with Crippen LogP contribution in [0, 0.1) is 0 Å². The molecule has 13 heteroatoms. The number of rotatable bonds is 10. The maximum absolute atomic E-state index is 13.0. The van der Waals surface area contributed by atoms with E-state index in [0.29, 0.717) is 22.3 Å². The summed E-state index contributed by atoms with van der Waals surface area (Å²) in [5.41, 5.74) is 2.28. The number of benzene rings is 1. The van der Waals surface area contributed by atoms with Crippen molar-refractivity contribution >= 4 is 62.3 Å². The van der Waals surface area contributed by atoms with Crippen molar-refractivity contribution in [2.24, 2.45) is 0 Å². The van der Waals surface area contributed by atoms with Crippen LogP contribution in [0.4, 0.5) is 23.1 Å². The first-order chi connectivity index (χ1) is 20.2. The van der Waals surface area contributed by atoms with Crippen LogP contribution in [-0.4, -0.2) is 65.5 Å². The van der Waals surface area contributed by atoms with E-state index in [1.54, 1.807) is 24.7 Å². The minimum absolute atomic E-state index is 0.106. The highest BCUT2D eigenvalue weighted by Crippen LogP contribution is 2.42. The Labute approximate surface area is 258 Å². The summed E-state index contributed by atoms with van der Waals surface area (Å²) >= 11 is 13.3. The molecule has 3 fully saturated rings. The van der Waals surface area contributed by atoms with Crippen molar-refractivity contribution in [1.82, 2.24) is 24.6 Å². The maximum Gasteiger partial charge on any atom is 0.271 e. The lowest BCUT2D eigenvalue weighted by Gasteiger charge is -2.30. The molecule has 3 heterocycles. The second kappa shape index (κ2) is 12.1. The fourth-order valence-electron chi connectivity index (χ4n) is 4.99. The number of nitrogens with one attached hydrogen (secondary N) is 2. The molecule has 3 aliphatic rings. The number of anilines is 4. The van der Waals surface area contributed by atoms with E-state index in [0.717, 1.165) is 62.9 Å². The smallest absolute Gasteiger partial charge is 0.271 e. The Kier molecular flexibility index (Phi) is 8.46. The Hall–Kier alpha value is -2.73. The van der Waals surface area contributed by atoms with E-state index in [-0.39, 0.29) is 39.9 Å². The van der Waals surface area contributed by atoms with Gasteiger partial charge in [-0.1, -0.05) is 37.0 Å².